The monoisotopic (exact) mass is 240 g/mol. The number of alkyl halides is 1. The Morgan fingerprint density at radius 1 is 1.69 bits per heavy atom. The van der Waals surface area contributed by atoms with Crippen LogP contribution in [-0.2, 0) is 4.79 Å². The fraction of sp³-hybridized carbons (Fsp3) is 0.455. The molecule has 4 nitrogen and oxygen atoms in total. The summed E-state index contributed by atoms with van der Waals surface area (Å²) >= 11 is 5.77. The number of ether oxygens (including phenoxy) is 1. The van der Waals surface area contributed by atoms with E-state index in [-0.39, 0.29) is 11.8 Å². The molecule has 0 bridgehead atoms. The lowest BCUT2D eigenvalue weighted by molar-refractivity contribution is -0.117. The minimum atomic E-state index is 0.0805. The van der Waals surface area contributed by atoms with Gasteiger partial charge in [0.15, 0.2) is 0 Å². The molecule has 2 heterocycles. The molecule has 1 atom stereocenters. The van der Waals surface area contributed by atoms with E-state index in [1.165, 1.54) is 0 Å². The van der Waals surface area contributed by atoms with Crippen molar-refractivity contribution in [3.8, 4) is 5.75 Å². The number of amides is 1. The lowest BCUT2D eigenvalue weighted by atomic mass is 10.1. The van der Waals surface area contributed by atoms with Crippen LogP contribution in [0.4, 0.5) is 5.69 Å². The largest absolute Gasteiger partial charge is 0.494 e. The molecular weight excluding hydrogens is 228 g/mol. The molecular formula is C11H13ClN2O2. The molecule has 0 N–H and O–H groups in total. The van der Waals surface area contributed by atoms with Gasteiger partial charge in [0.2, 0.25) is 5.91 Å². The van der Waals surface area contributed by atoms with E-state index < -0.39 is 0 Å². The Morgan fingerprint density at radius 2 is 2.50 bits per heavy atom. The maximum Gasteiger partial charge on any atom is 0.227 e. The van der Waals surface area contributed by atoms with Gasteiger partial charge in [-0.05, 0) is 5.92 Å². The van der Waals surface area contributed by atoms with E-state index in [9.17, 15) is 4.79 Å². The van der Waals surface area contributed by atoms with Crippen molar-refractivity contribution < 1.29 is 9.53 Å². The van der Waals surface area contributed by atoms with Crippen molar-refractivity contribution in [2.45, 2.75) is 6.42 Å². The third kappa shape index (κ3) is 1.97. The normalized spacial score (nSPS) is 20.2. The maximum atomic E-state index is 11.8. The molecule has 1 aromatic heterocycles. The van der Waals surface area contributed by atoms with E-state index in [4.69, 9.17) is 16.3 Å². The first kappa shape index (κ1) is 11.2. The highest BCUT2D eigenvalue weighted by atomic mass is 35.5. The summed E-state index contributed by atoms with van der Waals surface area (Å²) in [6.07, 6.45) is 3.79. The summed E-state index contributed by atoms with van der Waals surface area (Å²) in [6.45, 7) is 0.643. The van der Waals surface area contributed by atoms with Crippen LogP contribution in [-0.4, -0.2) is 30.4 Å². The first-order valence-corrected chi connectivity index (χ1v) is 5.64. The summed E-state index contributed by atoms with van der Waals surface area (Å²) in [5, 5.41) is 0. The quantitative estimate of drug-likeness (QED) is 0.755. The summed E-state index contributed by atoms with van der Waals surface area (Å²) in [6, 6.07) is 1.75. The Hall–Kier alpha value is -1.29. The number of carbonyl (C=O) groups excluding carboxylic acids is 1. The van der Waals surface area contributed by atoms with E-state index >= 15 is 0 Å². The van der Waals surface area contributed by atoms with Gasteiger partial charge in [0, 0.05) is 31.1 Å². The van der Waals surface area contributed by atoms with Crippen LogP contribution in [0.25, 0.3) is 0 Å². The smallest absolute Gasteiger partial charge is 0.227 e. The molecule has 1 unspecified atom stereocenters. The Balaban J connectivity index is 2.27. The highest BCUT2D eigenvalue weighted by molar-refractivity contribution is 6.18. The maximum absolute atomic E-state index is 11.8. The molecule has 1 aliphatic heterocycles. The lowest BCUT2D eigenvalue weighted by Gasteiger charge is -2.18. The summed E-state index contributed by atoms with van der Waals surface area (Å²) in [4.78, 5) is 17.5. The van der Waals surface area contributed by atoms with Crippen molar-refractivity contribution in [2.24, 2.45) is 5.92 Å². The third-order valence-corrected chi connectivity index (χ3v) is 3.13. The topological polar surface area (TPSA) is 42.4 Å². The second-order valence-corrected chi connectivity index (χ2v) is 4.08. The van der Waals surface area contributed by atoms with Crippen LogP contribution in [0, 0.1) is 5.92 Å². The fourth-order valence-electron chi connectivity index (χ4n) is 1.87. The van der Waals surface area contributed by atoms with Crippen LogP contribution in [0.5, 0.6) is 5.75 Å². The number of nitrogens with zero attached hydrogens (tertiary/aromatic N) is 2. The standard InChI is InChI=1S/C11H13ClN2O2/c1-16-10-2-3-13-6-9(10)14-7-8(5-12)4-11(14)15/h2-3,6,8H,4-5,7H2,1H3. The van der Waals surface area contributed by atoms with Gasteiger partial charge in [-0.2, -0.15) is 0 Å². The predicted molar refractivity (Wildman–Crippen MR) is 62.0 cm³/mol. The summed E-state index contributed by atoms with van der Waals surface area (Å²) in [5.74, 6) is 1.47. The highest BCUT2D eigenvalue weighted by Crippen LogP contribution is 2.32. The molecule has 1 amide bonds. The molecule has 0 saturated carbocycles. The molecule has 1 saturated heterocycles. The fourth-order valence-corrected chi connectivity index (χ4v) is 2.07. The second kappa shape index (κ2) is 4.70. The third-order valence-electron chi connectivity index (χ3n) is 2.70. The van der Waals surface area contributed by atoms with Gasteiger partial charge in [0.05, 0.1) is 13.3 Å². The SMILES string of the molecule is COc1ccncc1N1CC(CCl)CC1=O. The molecule has 0 spiro atoms. The van der Waals surface area contributed by atoms with E-state index in [1.54, 1.807) is 30.5 Å². The number of carbonyl (C=O) groups is 1. The average molecular weight is 241 g/mol. The zero-order valence-electron chi connectivity index (χ0n) is 9.02. The van der Waals surface area contributed by atoms with E-state index in [0.29, 0.717) is 24.6 Å². The first-order chi connectivity index (χ1) is 7.76. The highest BCUT2D eigenvalue weighted by Gasteiger charge is 2.31. The minimum Gasteiger partial charge on any atom is -0.494 e. The Kier molecular flexibility index (Phi) is 3.29. The van der Waals surface area contributed by atoms with Gasteiger partial charge in [0.1, 0.15) is 11.4 Å². The molecule has 86 valence electrons. The molecule has 16 heavy (non-hydrogen) atoms. The number of rotatable bonds is 3. The Labute approximate surface area is 99.2 Å². The zero-order valence-corrected chi connectivity index (χ0v) is 9.78. The zero-order chi connectivity index (χ0) is 11.5. The Bertz CT molecular complexity index is 397. The van der Waals surface area contributed by atoms with Crippen LogP contribution in [0.1, 0.15) is 6.42 Å². The molecule has 0 aliphatic carbocycles. The van der Waals surface area contributed by atoms with Crippen LogP contribution in [0.2, 0.25) is 0 Å². The van der Waals surface area contributed by atoms with Crippen molar-refractivity contribution >= 4 is 23.2 Å². The number of hydrogen-bond donors (Lipinski definition) is 0. The molecule has 1 aliphatic rings. The number of halogens is 1. The van der Waals surface area contributed by atoms with Crippen molar-refractivity contribution in [3.05, 3.63) is 18.5 Å². The molecule has 0 radical (unpaired) electrons. The van der Waals surface area contributed by atoms with Gasteiger partial charge in [0.25, 0.3) is 0 Å². The van der Waals surface area contributed by atoms with Crippen molar-refractivity contribution in [1.29, 1.82) is 0 Å². The molecule has 1 aromatic rings. The van der Waals surface area contributed by atoms with Crippen LogP contribution < -0.4 is 9.64 Å². The van der Waals surface area contributed by atoms with Gasteiger partial charge in [-0.3, -0.25) is 9.78 Å². The number of hydrogen-bond acceptors (Lipinski definition) is 3. The van der Waals surface area contributed by atoms with Gasteiger partial charge in [-0.15, -0.1) is 11.6 Å². The van der Waals surface area contributed by atoms with Crippen LogP contribution >= 0.6 is 11.6 Å². The van der Waals surface area contributed by atoms with Gasteiger partial charge in [-0.1, -0.05) is 0 Å². The number of methoxy groups -OCH3 is 1. The van der Waals surface area contributed by atoms with Crippen molar-refractivity contribution in [1.82, 2.24) is 4.98 Å². The summed E-state index contributed by atoms with van der Waals surface area (Å²) in [5.41, 5.74) is 0.725. The molecule has 2 rings (SSSR count). The van der Waals surface area contributed by atoms with E-state index in [2.05, 4.69) is 4.98 Å². The molecule has 5 heteroatoms. The first-order valence-electron chi connectivity index (χ1n) is 5.10. The van der Waals surface area contributed by atoms with Gasteiger partial charge >= 0.3 is 0 Å². The van der Waals surface area contributed by atoms with Gasteiger partial charge in [-0.25, -0.2) is 0 Å². The molecule has 1 fully saturated rings. The van der Waals surface area contributed by atoms with Crippen LogP contribution in [0.3, 0.4) is 0 Å². The van der Waals surface area contributed by atoms with Crippen molar-refractivity contribution in [2.75, 3.05) is 24.4 Å². The predicted octanol–water partition coefficient (Wildman–Crippen LogP) is 1.68. The average Bonchev–Trinajstić information content (AvgIpc) is 2.70. The van der Waals surface area contributed by atoms with Gasteiger partial charge < -0.3 is 9.64 Å². The summed E-state index contributed by atoms with van der Waals surface area (Å²) < 4.78 is 5.21. The lowest BCUT2D eigenvalue weighted by Crippen LogP contribution is -2.25. The Morgan fingerprint density at radius 3 is 3.12 bits per heavy atom. The number of pyridine rings is 1. The number of aromatic nitrogens is 1. The second-order valence-electron chi connectivity index (χ2n) is 3.78. The van der Waals surface area contributed by atoms with Crippen LogP contribution in [0.15, 0.2) is 18.5 Å². The summed E-state index contributed by atoms with van der Waals surface area (Å²) in [7, 11) is 1.58. The number of anilines is 1. The molecule has 0 aromatic carbocycles. The minimum absolute atomic E-state index is 0.0805. The van der Waals surface area contributed by atoms with Crippen molar-refractivity contribution in [3.63, 3.8) is 0 Å². The van der Waals surface area contributed by atoms with E-state index in [1.807, 2.05) is 0 Å². The van der Waals surface area contributed by atoms with E-state index in [0.717, 1.165) is 5.69 Å².